The number of aromatic nitrogens is 2. The fourth-order valence-electron chi connectivity index (χ4n) is 6.73. The number of carbonyl (C=O) groups is 4. The molecule has 0 aliphatic carbocycles. The number of nitriles is 1. The van der Waals surface area contributed by atoms with Crippen molar-refractivity contribution in [1.82, 2.24) is 36.1 Å². The number of phenolic OH excluding ortho intramolecular Hbond substituents is 1. The van der Waals surface area contributed by atoms with E-state index in [1.807, 2.05) is 37.3 Å². The number of carbonyl (C=O) groups excluding carboxylic acids is 4. The van der Waals surface area contributed by atoms with E-state index in [2.05, 4.69) is 31.2 Å². The van der Waals surface area contributed by atoms with Crippen molar-refractivity contribution in [3.63, 3.8) is 0 Å². The van der Waals surface area contributed by atoms with Crippen molar-refractivity contribution in [3.05, 3.63) is 94.8 Å². The first-order valence-corrected chi connectivity index (χ1v) is 19.1. The van der Waals surface area contributed by atoms with Crippen LogP contribution in [0.1, 0.15) is 53.6 Å². The van der Waals surface area contributed by atoms with Gasteiger partial charge in [0.05, 0.1) is 12.1 Å². The lowest BCUT2D eigenvalue weighted by Crippen LogP contribution is -2.56. The van der Waals surface area contributed by atoms with E-state index in [0.29, 0.717) is 39.5 Å². The third kappa shape index (κ3) is 10.5. The number of nitrogens with one attached hydrogen (secondary N) is 4. The summed E-state index contributed by atoms with van der Waals surface area (Å²) in [5.74, 6) is -2.10. The fraction of sp³-hybridized carbons (Fsp3) is 0.357. The van der Waals surface area contributed by atoms with Crippen LogP contribution in [-0.4, -0.2) is 100 Å². The number of likely N-dealkylation sites (N-methyl/N-ethyl adjacent to an activating group) is 1. The van der Waals surface area contributed by atoms with E-state index in [1.54, 1.807) is 37.3 Å². The number of amides is 4. The van der Waals surface area contributed by atoms with Gasteiger partial charge < -0.3 is 47.3 Å². The third-order valence-corrected chi connectivity index (χ3v) is 9.93. The predicted octanol–water partition coefficient (Wildman–Crippen LogP) is 1.15. The largest absolute Gasteiger partial charge is 0.507 e. The van der Waals surface area contributed by atoms with E-state index in [9.17, 15) is 29.4 Å². The van der Waals surface area contributed by atoms with Crippen molar-refractivity contribution < 1.29 is 34.1 Å². The van der Waals surface area contributed by atoms with Gasteiger partial charge in [0, 0.05) is 54.2 Å². The van der Waals surface area contributed by atoms with Gasteiger partial charge in [-0.3, -0.25) is 24.5 Å². The van der Waals surface area contributed by atoms with Crippen LogP contribution in [0.4, 0.5) is 0 Å². The zero-order valence-electron chi connectivity index (χ0n) is 33.4. The zero-order valence-corrected chi connectivity index (χ0v) is 33.4. The van der Waals surface area contributed by atoms with Crippen LogP contribution in [0.15, 0.2) is 66.9 Å². The molecule has 0 spiro atoms. The second-order valence-corrected chi connectivity index (χ2v) is 14.3. The number of aliphatic hydroxyl groups excluding tert-OH is 1. The molecule has 17 heteroatoms. The van der Waals surface area contributed by atoms with E-state index >= 15 is 0 Å². The molecule has 4 bridgehead atoms. The van der Waals surface area contributed by atoms with Crippen LogP contribution in [0.5, 0.6) is 11.5 Å². The van der Waals surface area contributed by atoms with Gasteiger partial charge in [-0.05, 0) is 69.1 Å². The summed E-state index contributed by atoms with van der Waals surface area (Å²) < 4.78 is 5.96. The molecule has 2 heterocycles. The van der Waals surface area contributed by atoms with Gasteiger partial charge in [-0.1, -0.05) is 42.0 Å². The Bertz CT molecular complexity index is 2210. The van der Waals surface area contributed by atoms with Crippen LogP contribution < -0.4 is 37.5 Å². The maximum Gasteiger partial charge on any atom is 0.248 e. The molecule has 0 saturated heterocycles. The summed E-state index contributed by atoms with van der Waals surface area (Å²) in [5, 5.41) is 42.4. The van der Waals surface area contributed by atoms with E-state index in [1.165, 1.54) is 31.1 Å². The molecule has 1 aliphatic rings. The SMILES string of the molecule is Cc1ccc(-c2ncc(C(O)N[C@@H](CCN)C(=O)N(C)[C@@H]3C(=O)N[C@@H](C)C(=O)N[C@H](C(=O)NCC#N)Cc4ccc(O)c(c4)-c4cc3ccc4OCCN)c(C)n2)cc1. The summed E-state index contributed by atoms with van der Waals surface area (Å²) >= 11 is 0. The lowest BCUT2D eigenvalue weighted by atomic mass is 9.93. The van der Waals surface area contributed by atoms with E-state index < -0.39 is 54.0 Å². The number of phenols is 1. The van der Waals surface area contributed by atoms with Crippen molar-refractivity contribution in [3.8, 4) is 40.1 Å². The van der Waals surface area contributed by atoms with Gasteiger partial charge in [-0.25, -0.2) is 9.97 Å². The van der Waals surface area contributed by atoms with Gasteiger partial charge in [0.2, 0.25) is 23.6 Å². The molecule has 5 atom stereocenters. The first-order chi connectivity index (χ1) is 28.3. The maximum absolute atomic E-state index is 14.5. The lowest BCUT2D eigenvalue weighted by Gasteiger charge is -2.33. The number of benzene rings is 3. The average Bonchev–Trinajstić information content (AvgIpc) is 3.22. The van der Waals surface area contributed by atoms with Gasteiger partial charge >= 0.3 is 0 Å². The van der Waals surface area contributed by atoms with Crippen molar-refractivity contribution >= 4 is 23.6 Å². The molecule has 4 amide bonds. The van der Waals surface area contributed by atoms with Gasteiger partial charge in [0.15, 0.2) is 5.82 Å². The van der Waals surface area contributed by atoms with Crippen molar-refractivity contribution in [2.75, 3.05) is 33.3 Å². The predicted molar refractivity (Wildman–Crippen MR) is 218 cm³/mol. The zero-order chi connectivity index (χ0) is 42.8. The first-order valence-electron chi connectivity index (χ1n) is 19.1. The Hall–Kier alpha value is -6.45. The Kier molecular flexibility index (Phi) is 14.7. The van der Waals surface area contributed by atoms with Crippen molar-refractivity contribution in [2.45, 2.75) is 64.0 Å². The van der Waals surface area contributed by atoms with Crippen LogP contribution in [0.2, 0.25) is 0 Å². The lowest BCUT2D eigenvalue weighted by molar-refractivity contribution is -0.142. The maximum atomic E-state index is 14.5. The molecule has 1 aliphatic heterocycles. The molecule has 17 nitrogen and oxygen atoms in total. The highest BCUT2D eigenvalue weighted by Gasteiger charge is 2.36. The molecule has 4 aromatic rings. The number of aryl methyl sites for hydroxylation is 2. The Labute approximate surface area is 342 Å². The first kappa shape index (κ1) is 43.7. The molecule has 310 valence electrons. The molecular formula is C42H50N10O7. The normalized spacial score (nSPS) is 17.6. The number of nitrogens with zero attached hydrogens (tertiary/aromatic N) is 4. The summed E-state index contributed by atoms with van der Waals surface area (Å²) in [6, 6.07) is 14.1. The van der Waals surface area contributed by atoms with Crippen LogP contribution in [0.25, 0.3) is 22.5 Å². The van der Waals surface area contributed by atoms with E-state index in [4.69, 9.17) is 21.5 Å². The number of nitrogens with two attached hydrogens (primary N) is 2. The number of ether oxygens (including phenoxy) is 1. The Morgan fingerprint density at radius 3 is 2.46 bits per heavy atom. The summed E-state index contributed by atoms with van der Waals surface area (Å²) in [4.78, 5) is 65.8. The van der Waals surface area contributed by atoms with Gasteiger partial charge in [0.1, 0.15) is 49.0 Å². The number of hydrogen-bond acceptors (Lipinski definition) is 13. The Morgan fingerprint density at radius 2 is 1.78 bits per heavy atom. The third-order valence-electron chi connectivity index (χ3n) is 9.93. The van der Waals surface area contributed by atoms with Crippen LogP contribution in [0, 0.1) is 25.2 Å². The summed E-state index contributed by atoms with van der Waals surface area (Å²) in [5.41, 5.74) is 15.9. The number of hydrogen-bond donors (Lipinski definition) is 8. The summed E-state index contributed by atoms with van der Waals surface area (Å²) in [6.45, 7) is 5.15. The highest BCUT2D eigenvalue weighted by Crippen LogP contribution is 2.39. The second-order valence-electron chi connectivity index (χ2n) is 14.3. The highest BCUT2D eigenvalue weighted by atomic mass is 16.5. The summed E-state index contributed by atoms with van der Waals surface area (Å²) in [6.07, 6.45) is 0.108. The second kappa shape index (κ2) is 19.8. The van der Waals surface area contributed by atoms with Crippen molar-refractivity contribution in [2.24, 2.45) is 11.5 Å². The van der Waals surface area contributed by atoms with E-state index in [-0.39, 0.29) is 50.4 Å². The molecule has 10 N–H and O–H groups in total. The smallest absolute Gasteiger partial charge is 0.248 e. The molecule has 59 heavy (non-hydrogen) atoms. The standard InChI is InChI=1S/C42H50N10O7/c1-23-5-8-27(9-6-23)37-47-22-31(24(2)48-37)39(55)50-32(13-14-43)42(58)52(4)36-28-10-12-35(59-18-16-45)30(21-28)29-19-26(7-11-34(29)53)20-33(40(56)46-17-15-44)51-38(54)25(3)49-41(36)57/h5-12,19,21-22,25,32-33,36,39,50,53,55H,13-14,16-18,20,43,45H2,1-4H3,(H,46,56)(H,49,57)(H,51,54)/t25-,32-,33-,36-,39?/m0/s1. The number of aliphatic hydroxyl groups is 1. The van der Waals surface area contributed by atoms with Crippen LogP contribution >= 0.6 is 0 Å². The molecule has 0 fully saturated rings. The minimum absolute atomic E-state index is 0.0284. The Balaban J connectivity index is 1.54. The fourth-order valence-corrected chi connectivity index (χ4v) is 6.73. The molecule has 3 aromatic carbocycles. The molecule has 1 unspecified atom stereocenters. The van der Waals surface area contributed by atoms with Gasteiger partial charge in [-0.2, -0.15) is 5.26 Å². The van der Waals surface area contributed by atoms with Gasteiger partial charge in [0.25, 0.3) is 0 Å². The minimum Gasteiger partial charge on any atom is -0.507 e. The molecule has 1 aromatic heterocycles. The monoisotopic (exact) mass is 806 g/mol. The van der Waals surface area contributed by atoms with E-state index in [0.717, 1.165) is 11.1 Å². The number of rotatable bonds is 13. The molecule has 5 rings (SSSR count). The number of fused-ring (bicyclic) bond motifs is 5. The molecule has 0 radical (unpaired) electrons. The number of aromatic hydroxyl groups is 1. The summed E-state index contributed by atoms with van der Waals surface area (Å²) in [7, 11) is 1.41. The van der Waals surface area contributed by atoms with Crippen LogP contribution in [0.3, 0.4) is 0 Å². The topological polar surface area (TPSA) is 271 Å². The molecular weight excluding hydrogens is 757 g/mol. The van der Waals surface area contributed by atoms with Crippen LogP contribution in [-0.2, 0) is 25.6 Å². The average molecular weight is 807 g/mol. The van der Waals surface area contributed by atoms with Gasteiger partial charge in [-0.15, -0.1) is 0 Å². The quantitative estimate of drug-likeness (QED) is 0.0697. The van der Waals surface area contributed by atoms with Crippen molar-refractivity contribution in [1.29, 1.82) is 5.26 Å². The molecule has 0 saturated carbocycles. The minimum atomic E-state index is -1.41. The highest BCUT2D eigenvalue weighted by molar-refractivity contribution is 5.95. The Morgan fingerprint density at radius 1 is 1.03 bits per heavy atom.